The lowest BCUT2D eigenvalue weighted by atomic mass is 9.85. The normalized spacial score (nSPS) is 13.5. The number of hydrogen-bond acceptors (Lipinski definition) is 4. The van der Waals surface area contributed by atoms with Gasteiger partial charge in [0.25, 0.3) is 0 Å². The second-order valence-electron chi connectivity index (χ2n) is 6.59. The van der Waals surface area contributed by atoms with E-state index >= 15 is 0 Å². The zero-order valence-electron chi connectivity index (χ0n) is 17.1. The number of carbonyl (C=O) groups is 2. The lowest BCUT2D eigenvalue weighted by Crippen LogP contribution is -2.30. The molecule has 3 atom stereocenters. The second-order valence-corrected chi connectivity index (χ2v) is 6.59. The molecular formula is C21H21F6O4P. The smallest absolute Gasteiger partial charge is 0.417 e. The predicted molar refractivity (Wildman–Crippen MR) is 108 cm³/mol. The third kappa shape index (κ3) is 6.69. The fraction of sp³-hybridized carbons (Fsp3) is 0.333. The van der Waals surface area contributed by atoms with Crippen molar-refractivity contribution in [2.75, 3.05) is 0 Å². The predicted octanol–water partition coefficient (Wildman–Crippen LogP) is 5.97. The molecule has 176 valence electrons. The quantitative estimate of drug-likeness (QED) is 0.167. The molecule has 0 N–H and O–H groups in total. The van der Waals surface area contributed by atoms with Gasteiger partial charge in [0, 0.05) is 5.56 Å². The van der Waals surface area contributed by atoms with Crippen LogP contribution in [0.4, 0.5) is 26.3 Å². The maximum atomic E-state index is 13.5. The zero-order valence-corrected chi connectivity index (χ0v) is 18.5. The van der Waals surface area contributed by atoms with Crippen molar-refractivity contribution in [1.82, 2.24) is 0 Å². The van der Waals surface area contributed by atoms with Crippen LogP contribution >= 0.6 is 9.12 Å². The molecule has 0 saturated heterocycles. The molecule has 0 amide bonds. The topological polar surface area (TPSA) is 60.4 Å². The standard InChI is InChI=1S/C21H18F6O3.H3OP/c1-3-12(2)30-19(29)16(13-8-5-4-6-9-13)18(28)17-14(20(22,23)24)10-7-11-15(17)21(25,26)27;1-2/h4-12,16H,3H2,1-2H3;2H3. The first kappa shape index (κ1) is 27.4. The second kappa shape index (κ2) is 11.3. The van der Waals surface area contributed by atoms with Crippen molar-refractivity contribution >= 4 is 20.9 Å². The van der Waals surface area contributed by atoms with Gasteiger partial charge in [-0.05, 0) is 31.0 Å². The van der Waals surface area contributed by atoms with Crippen LogP contribution in [0, 0.1) is 0 Å². The number of ether oxygens (including phenoxy) is 1. The van der Waals surface area contributed by atoms with Gasteiger partial charge in [-0.1, -0.05) is 43.3 Å². The van der Waals surface area contributed by atoms with Crippen LogP contribution in [-0.2, 0) is 26.4 Å². The Bertz CT molecular complexity index is 896. The summed E-state index contributed by atoms with van der Waals surface area (Å²) in [6.45, 7) is 3.16. The van der Waals surface area contributed by atoms with Crippen LogP contribution in [0.3, 0.4) is 0 Å². The van der Waals surface area contributed by atoms with Crippen molar-refractivity contribution in [3.05, 3.63) is 70.8 Å². The molecule has 0 heterocycles. The van der Waals surface area contributed by atoms with E-state index in [0.717, 1.165) is 0 Å². The monoisotopic (exact) mass is 482 g/mol. The van der Waals surface area contributed by atoms with Crippen molar-refractivity contribution in [2.45, 2.75) is 44.6 Å². The van der Waals surface area contributed by atoms with E-state index in [1.165, 1.54) is 37.3 Å². The summed E-state index contributed by atoms with van der Waals surface area (Å²) in [4.78, 5) is 25.7. The molecule has 3 unspecified atom stereocenters. The van der Waals surface area contributed by atoms with Gasteiger partial charge in [0.15, 0.2) is 5.78 Å². The average molecular weight is 482 g/mol. The van der Waals surface area contributed by atoms with Crippen molar-refractivity contribution in [3.8, 4) is 0 Å². The largest absolute Gasteiger partial charge is 0.462 e. The molecule has 0 radical (unpaired) electrons. The first-order valence-electron chi connectivity index (χ1n) is 9.23. The number of benzene rings is 2. The Hall–Kier alpha value is -2.61. The highest BCUT2D eigenvalue weighted by atomic mass is 31.0. The Morgan fingerprint density at radius 1 is 0.875 bits per heavy atom. The highest BCUT2D eigenvalue weighted by Gasteiger charge is 2.45. The summed E-state index contributed by atoms with van der Waals surface area (Å²) in [6, 6.07) is 8.20. The highest BCUT2D eigenvalue weighted by Crippen LogP contribution is 2.41. The number of alkyl halides is 6. The third-order valence-electron chi connectivity index (χ3n) is 4.44. The summed E-state index contributed by atoms with van der Waals surface area (Å²) in [7, 11) is 0.611. The van der Waals surface area contributed by atoms with Crippen LogP contribution in [-0.4, -0.2) is 17.9 Å². The minimum absolute atomic E-state index is 0.0686. The van der Waals surface area contributed by atoms with Crippen LogP contribution < -0.4 is 0 Å². The summed E-state index contributed by atoms with van der Waals surface area (Å²) >= 11 is 0. The molecule has 0 spiro atoms. The van der Waals surface area contributed by atoms with Crippen molar-refractivity contribution in [1.29, 1.82) is 0 Å². The van der Waals surface area contributed by atoms with Crippen LogP contribution in [0.2, 0.25) is 0 Å². The van der Waals surface area contributed by atoms with Crippen LogP contribution in [0.1, 0.15) is 53.2 Å². The fourth-order valence-electron chi connectivity index (χ4n) is 2.82. The van der Waals surface area contributed by atoms with E-state index in [0.29, 0.717) is 33.7 Å². The van der Waals surface area contributed by atoms with Gasteiger partial charge in [0.1, 0.15) is 5.92 Å². The number of hydrogen-bond donors (Lipinski definition) is 0. The van der Waals surface area contributed by atoms with E-state index in [9.17, 15) is 35.9 Å². The molecule has 2 aromatic rings. The molecule has 0 aliphatic rings. The molecule has 32 heavy (non-hydrogen) atoms. The summed E-state index contributed by atoms with van der Waals surface area (Å²) in [5.41, 5.74) is -5.20. The van der Waals surface area contributed by atoms with E-state index in [1.54, 1.807) is 6.92 Å². The number of halogens is 6. The van der Waals surface area contributed by atoms with Crippen molar-refractivity contribution < 1.29 is 45.2 Å². The molecule has 0 aromatic heterocycles. The number of rotatable bonds is 6. The third-order valence-corrected chi connectivity index (χ3v) is 4.44. The molecule has 0 aliphatic heterocycles. The molecule has 0 saturated carbocycles. The zero-order chi connectivity index (χ0) is 24.7. The Balaban J connectivity index is 0.00000249. The SMILES string of the molecule is CCC(C)OC(=O)C(C(=O)c1c(C(F)(F)F)cccc1C(F)(F)F)c1ccccc1.O=[PH3]. The minimum atomic E-state index is -5.24. The summed E-state index contributed by atoms with van der Waals surface area (Å²) in [5, 5.41) is 0. The van der Waals surface area contributed by atoms with Gasteiger partial charge in [-0.2, -0.15) is 26.3 Å². The van der Waals surface area contributed by atoms with Crippen LogP contribution in [0.15, 0.2) is 48.5 Å². The lowest BCUT2D eigenvalue weighted by molar-refractivity contribution is -0.150. The van der Waals surface area contributed by atoms with E-state index in [2.05, 4.69) is 0 Å². The van der Waals surface area contributed by atoms with Crippen molar-refractivity contribution in [2.24, 2.45) is 0 Å². The molecule has 11 heteroatoms. The molecule has 4 nitrogen and oxygen atoms in total. The number of carbonyl (C=O) groups excluding carboxylic acids is 2. The average Bonchev–Trinajstić information content (AvgIpc) is 2.74. The number of Topliss-reactive ketones (excluding diaryl/α,β-unsaturated/α-hetero) is 1. The van der Waals surface area contributed by atoms with Gasteiger partial charge >= 0.3 is 18.3 Å². The first-order chi connectivity index (χ1) is 14.9. The van der Waals surface area contributed by atoms with E-state index in [4.69, 9.17) is 9.30 Å². The summed E-state index contributed by atoms with van der Waals surface area (Å²) < 4.78 is 94.2. The fourth-order valence-corrected chi connectivity index (χ4v) is 2.82. The van der Waals surface area contributed by atoms with E-state index < -0.39 is 52.8 Å². The van der Waals surface area contributed by atoms with Crippen molar-refractivity contribution in [3.63, 3.8) is 0 Å². The maximum absolute atomic E-state index is 13.5. The van der Waals surface area contributed by atoms with E-state index in [1.807, 2.05) is 0 Å². The van der Waals surface area contributed by atoms with Gasteiger partial charge in [-0.15, -0.1) is 0 Å². The summed E-state index contributed by atoms with van der Waals surface area (Å²) in [5.74, 6) is -4.83. The van der Waals surface area contributed by atoms with Crippen LogP contribution in [0.25, 0.3) is 0 Å². The highest BCUT2D eigenvalue weighted by molar-refractivity contribution is 7.00. The first-order valence-corrected chi connectivity index (χ1v) is 9.81. The van der Waals surface area contributed by atoms with E-state index in [-0.39, 0.29) is 5.56 Å². The van der Waals surface area contributed by atoms with Gasteiger partial charge in [-0.25, -0.2) is 0 Å². The Morgan fingerprint density at radius 3 is 1.75 bits per heavy atom. The maximum Gasteiger partial charge on any atom is 0.417 e. The van der Waals surface area contributed by atoms with Gasteiger partial charge < -0.3 is 9.30 Å². The molecule has 0 bridgehead atoms. The number of esters is 1. The Kier molecular flexibility index (Phi) is 9.70. The van der Waals surface area contributed by atoms with Gasteiger partial charge in [0.05, 0.1) is 26.4 Å². The molecule has 0 aliphatic carbocycles. The molecular weight excluding hydrogens is 461 g/mol. The Morgan fingerprint density at radius 2 is 1.34 bits per heavy atom. The summed E-state index contributed by atoms with van der Waals surface area (Å²) in [6.07, 6.45) is -10.8. The molecule has 2 aromatic carbocycles. The minimum Gasteiger partial charge on any atom is -0.462 e. The molecule has 0 fully saturated rings. The molecule has 2 rings (SSSR count). The van der Waals surface area contributed by atoms with Crippen LogP contribution in [0.5, 0.6) is 0 Å². The van der Waals surface area contributed by atoms with Gasteiger partial charge in [0.2, 0.25) is 0 Å². The Labute approximate surface area is 182 Å². The lowest BCUT2D eigenvalue weighted by Gasteiger charge is -2.22. The number of ketones is 1. The van der Waals surface area contributed by atoms with Gasteiger partial charge in [-0.3, -0.25) is 9.59 Å².